The molecule has 0 saturated carbocycles. The minimum atomic E-state index is -0.740. The molecule has 1 aromatic heterocycles. The van der Waals surface area contributed by atoms with E-state index in [1.165, 1.54) is 31.4 Å². The zero-order valence-corrected chi connectivity index (χ0v) is 13.5. The SMILES string of the molecule is CCOC(=O)/C(C#N)=C\c1ccc(-c2ccc([N+](=O)[O-])cc2OC)o1. The fraction of sp³-hybridized carbons (Fsp3) is 0.176. The maximum absolute atomic E-state index is 11.6. The van der Waals surface area contributed by atoms with Crippen molar-refractivity contribution in [3.63, 3.8) is 0 Å². The van der Waals surface area contributed by atoms with Crippen molar-refractivity contribution in [3.8, 4) is 23.1 Å². The first-order valence-electron chi connectivity index (χ1n) is 7.21. The number of hydrogen-bond donors (Lipinski definition) is 0. The molecule has 1 heterocycles. The first-order valence-corrected chi connectivity index (χ1v) is 7.21. The van der Waals surface area contributed by atoms with Crippen LogP contribution in [0, 0.1) is 21.4 Å². The van der Waals surface area contributed by atoms with Gasteiger partial charge in [0, 0.05) is 12.1 Å². The van der Waals surface area contributed by atoms with Crippen LogP contribution in [0.5, 0.6) is 5.75 Å². The van der Waals surface area contributed by atoms with Crippen LogP contribution in [0.15, 0.2) is 40.3 Å². The van der Waals surface area contributed by atoms with Crippen LogP contribution in [0.3, 0.4) is 0 Å². The Labute approximate surface area is 143 Å². The van der Waals surface area contributed by atoms with E-state index in [2.05, 4.69) is 0 Å². The molecule has 0 amide bonds. The predicted molar refractivity (Wildman–Crippen MR) is 87.6 cm³/mol. The second-order valence-corrected chi connectivity index (χ2v) is 4.73. The normalized spacial score (nSPS) is 10.8. The number of nitrogens with zero attached hydrogens (tertiary/aromatic N) is 2. The molecule has 0 spiro atoms. The summed E-state index contributed by atoms with van der Waals surface area (Å²) < 4.78 is 15.5. The number of benzene rings is 1. The van der Waals surface area contributed by atoms with E-state index in [-0.39, 0.29) is 29.4 Å². The summed E-state index contributed by atoms with van der Waals surface area (Å²) >= 11 is 0. The number of ether oxygens (including phenoxy) is 2. The fourth-order valence-corrected chi connectivity index (χ4v) is 2.06. The molecule has 0 atom stereocenters. The summed E-state index contributed by atoms with van der Waals surface area (Å²) in [6.07, 6.45) is 1.26. The smallest absolute Gasteiger partial charge is 0.349 e. The van der Waals surface area contributed by atoms with Gasteiger partial charge in [-0.1, -0.05) is 0 Å². The van der Waals surface area contributed by atoms with Crippen molar-refractivity contribution in [2.45, 2.75) is 6.92 Å². The van der Waals surface area contributed by atoms with Gasteiger partial charge in [-0.3, -0.25) is 10.1 Å². The Balaban J connectivity index is 2.37. The molecule has 128 valence electrons. The first kappa shape index (κ1) is 17.7. The predicted octanol–water partition coefficient (Wildman–Crippen LogP) is 3.33. The van der Waals surface area contributed by atoms with Gasteiger partial charge in [-0.2, -0.15) is 5.26 Å². The molecule has 0 unspecified atom stereocenters. The molecule has 0 aliphatic carbocycles. The topological polar surface area (TPSA) is 116 Å². The number of non-ortho nitro benzene ring substituents is 1. The van der Waals surface area contributed by atoms with Crippen LogP contribution in [0.25, 0.3) is 17.4 Å². The van der Waals surface area contributed by atoms with Crippen molar-refractivity contribution in [1.29, 1.82) is 5.26 Å². The van der Waals surface area contributed by atoms with Gasteiger partial charge in [0.15, 0.2) is 0 Å². The van der Waals surface area contributed by atoms with Gasteiger partial charge in [-0.25, -0.2) is 4.79 Å². The average Bonchev–Trinajstić information content (AvgIpc) is 3.07. The van der Waals surface area contributed by atoms with Crippen LogP contribution in [0.1, 0.15) is 12.7 Å². The Morgan fingerprint density at radius 2 is 2.16 bits per heavy atom. The minimum absolute atomic E-state index is 0.110. The third-order valence-corrected chi connectivity index (χ3v) is 3.19. The molecular weight excluding hydrogens is 328 g/mol. The molecule has 0 aliphatic rings. The highest BCUT2D eigenvalue weighted by atomic mass is 16.6. The van der Waals surface area contributed by atoms with Crippen LogP contribution in [-0.2, 0) is 9.53 Å². The van der Waals surface area contributed by atoms with Gasteiger partial charge in [0.05, 0.1) is 30.3 Å². The molecule has 1 aromatic carbocycles. The van der Waals surface area contributed by atoms with Crippen molar-refractivity contribution >= 4 is 17.7 Å². The van der Waals surface area contributed by atoms with E-state index >= 15 is 0 Å². The number of furan rings is 1. The molecule has 25 heavy (non-hydrogen) atoms. The van der Waals surface area contributed by atoms with Crippen molar-refractivity contribution < 1.29 is 23.6 Å². The van der Waals surface area contributed by atoms with Crippen molar-refractivity contribution in [2.24, 2.45) is 0 Å². The lowest BCUT2D eigenvalue weighted by Crippen LogP contribution is -2.05. The molecule has 2 aromatic rings. The molecule has 0 aliphatic heterocycles. The van der Waals surface area contributed by atoms with E-state index in [0.29, 0.717) is 11.3 Å². The number of nitro groups is 1. The van der Waals surface area contributed by atoms with Gasteiger partial charge in [0.25, 0.3) is 5.69 Å². The summed E-state index contributed by atoms with van der Waals surface area (Å²) in [6, 6.07) is 9.04. The molecule has 0 fully saturated rings. The van der Waals surface area contributed by atoms with Crippen molar-refractivity contribution in [2.75, 3.05) is 13.7 Å². The fourth-order valence-electron chi connectivity index (χ4n) is 2.06. The largest absolute Gasteiger partial charge is 0.496 e. The van der Waals surface area contributed by atoms with Gasteiger partial charge >= 0.3 is 5.97 Å². The summed E-state index contributed by atoms with van der Waals surface area (Å²) in [4.78, 5) is 21.9. The Hall–Kier alpha value is -3.60. The van der Waals surface area contributed by atoms with E-state index in [1.54, 1.807) is 25.1 Å². The lowest BCUT2D eigenvalue weighted by Gasteiger charge is -2.05. The van der Waals surface area contributed by atoms with Crippen LogP contribution < -0.4 is 4.74 Å². The third-order valence-electron chi connectivity index (χ3n) is 3.19. The standard InChI is InChI=1S/C17H14N2O6/c1-3-24-17(20)11(10-18)8-13-5-7-15(25-13)14-6-4-12(19(21)22)9-16(14)23-2/h4-9H,3H2,1-2H3/b11-8-. The number of nitro benzene ring substituents is 1. The highest BCUT2D eigenvalue weighted by Gasteiger charge is 2.16. The Bertz CT molecular complexity index is 876. The average molecular weight is 342 g/mol. The minimum Gasteiger partial charge on any atom is -0.496 e. The molecule has 8 nitrogen and oxygen atoms in total. The van der Waals surface area contributed by atoms with Crippen molar-refractivity contribution in [3.05, 3.63) is 51.8 Å². The Morgan fingerprint density at radius 1 is 1.40 bits per heavy atom. The number of carbonyl (C=O) groups is 1. The highest BCUT2D eigenvalue weighted by molar-refractivity contribution is 5.97. The summed E-state index contributed by atoms with van der Waals surface area (Å²) in [7, 11) is 1.39. The molecule has 0 N–H and O–H groups in total. The van der Waals surface area contributed by atoms with E-state index in [1.807, 2.05) is 0 Å². The lowest BCUT2D eigenvalue weighted by atomic mass is 10.1. The monoisotopic (exact) mass is 342 g/mol. The maximum atomic E-state index is 11.6. The van der Waals surface area contributed by atoms with Crippen molar-refractivity contribution in [1.82, 2.24) is 0 Å². The highest BCUT2D eigenvalue weighted by Crippen LogP contribution is 2.34. The van der Waals surface area contributed by atoms with Gasteiger partial charge in [-0.15, -0.1) is 0 Å². The second kappa shape index (κ2) is 7.79. The van der Waals surface area contributed by atoms with Crippen LogP contribution in [0.2, 0.25) is 0 Å². The number of carbonyl (C=O) groups excluding carboxylic acids is 1. The van der Waals surface area contributed by atoms with Gasteiger partial charge in [0.2, 0.25) is 0 Å². The van der Waals surface area contributed by atoms with E-state index < -0.39 is 10.9 Å². The molecular formula is C17H14N2O6. The maximum Gasteiger partial charge on any atom is 0.349 e. The molecule has 2 rings (SSSR count). The number of nitriles is 1. The summed E-state index contributed by atoms with van der Waals surface area (Å²) in [5.74, 6) is 0.167. The summed E-state index contributed by atoms with van der Waals surface area (Å²) in [5.41, 5.74) is 0.196. The van der Waals surface area contributed by atoms with E-state index in [9.17, 15) is 14.9 Å². The van der Waals surface area contributed by atoms with E-state index in [4.69, 9.17) is 19.2 Å². The van der Waals surface area contributed by atoms with Gasteiger partial charge in [0.1, 0.15) is 28.9 Å². The van der Waals surface area contributed by atoms with E-state index in [0.717, 1.165) is 0 Å². The lowest BCUT2D eigenvalue weighted by molar-refractivity contribution is -0.384. The summed E-state index contributed by atoms with van der Waals surface area (Å²) in [6.45, 7) is 1.79. The molecule has 0 radical (unpaired) electrons. The zero-order valence-electron chi connectivity index (χ0n) is 13.5. The second-order valence-electron chi connectivity index (χ2n) is 4.73. The van der Waals surface area contributed by atoms with Gasteiger partial charge < -0.3 is 13.9 Å². The summed E-state index contributed by atoms with van der Waals surface area (Å²) in [5, 5.41) is 19.9. The number of esters is 1. The quantitative estimate of drug-likeness (QED) is 0.260. The Kier molecular flexibility index (Phi) is 5.53. The number of rotatable bonds is 6. The first-order chi connectivity index (χ1) is 12.0. The molecule has 8 heteroatoms. The molecule has 0 bridgehead atoms. The number of methoxy groups -OCH3 is 1. The van der Waals surface area contributed by atoms with Crippen LogP contribution in [0.4, 0.5) is 5.69 Å². The van der Waals surface area contributed by atoms with Crippen LogP contribution in [-0.4, -0.2) is 24.6 Å². The van der Waals surface area contributed by atoms with Crippen LogP contribution >= 0.6 is 0 Å². The Morgan fingerprint density at radius 3 is 2.76 bits per heavy atom. The zero-order chi connectivity index (χ0) is 18.4. The van der Waals surface area contributed by atoms with Gasteiger partial charge in [-0.05, 0) is 25.1 Å². The third kappa shape index (κ3) is 4.03. The number of hydrogen-bond acceptors (Lipinski definition) is 7. The molecule has 0 saturated heterocycles.